The van der Waals surface area contributed by atoms with Crippen LogP contribution >= 0.6 is 27.5 Å². The fourth-order valence-electron chi connectivity index (χ4n) is 0.946. The van der Waals surface area contributed by atoms with Crippen LogP contribution in [0.5, 0.6) is 0 Å². The monoisotopic (exact) mass is 312 g/mol. The fourth-order valence-corrected chi connectivity index (χ4v) is 2.65. The number of nitrogens with one attached hydrogen (secondary N) is 1. The van der Waals surface area contributed by atoms with Gasteiger partial charge in [-0.15, -0.1) is 0 Å². The van der Waals surface area contributed by atoms with Gasteiger partial charge in [-0.25, -0.2) is 8.42 Å². The van der Waals surface area contributed by atoms with Crippen LogP contribution in [0.3, 0.4) is 0 Å². The Hall–Kier alpha value is -0.300. The highest BCUT2D eigenvalue weighted by Gasteiger charge is 2.11. The van der Waals surface area contributed by atoms with Crippen molar-refractivity contribution in [3.63, 3.8) is 0 Å². The number of hydrogen-bond acceptors (Lipinski definition) is 3. The van der Waals surface area contributed by atoms with Crippen molar-refractivity contribution in [1.82, 2.24) is 0 Å². The van der Waals surface area contributed by atoms with Crippen molar-refractivity contribution in [2.45, 2.75) is 0 Å². The van der Waals surface area contributed by atoms with Crippen LogP contribution in [-0.2, 0) is 10.0 Å². The average Bonchev–Trinajstić information content (AvgIpc) is 2.09. The summed E-state index contributed by atoms with van der Waals surface area (Å²) in [6, 6.07) is 4.90. The first-order valence-electron chi connectivity index (χ1n) is 4.10. The summed E-state index contributed by atoms with van der Waals surface area (Å²) in [5.41, 5.74) is 5.53. The van der Waals surface area contributed by atoms with Gasteiger partial charge in [-0.05, 0) is 18.2 Å². The van der Waals surface area contributed by atoms with Gasteiger partial charge in [-0.1, -0.05) is 27.5 Å². The summed E-state index contributed by atoms with van der Waals surface area (Å²) in [6.07, 6.45) is 0. The maximum atomic E-state index is 11.4. The van der Waals surface area contributed by atoms with E-state index in [1.807, 2.05) is 0 Å². The first-order chi connectivity index (χ1) is 6.94. The Morgan fingerprint density at radius 3 is 2.67 bits per heavy atom. The molecule has 0 atom stereocenters. The molecule has 1 rings (SSSR count). The first kappa shape index (κ1) is 12.8. The van der Waals surface area contributed by atoms with Crippen molar-refractivity contribution in [1.29, 1.82) is 0 Å². The Bertz CT molecular complexity index is 450. The quantitative estimate of drug-likeness (QED) is 0.890. The van der Waals surface area contributed by atoms with E-state index in [0.29, 0.717) is 10.7 Å². The van der Waals surface area contributed by atoms with E-state index < -0.39 is 10.0 Å². The topological polar surface area (TPSA) is 72.2 Å². The van der Waals surface area contributed by atoms with Gasteiger partial charge in [0.2, 0.25) is 10.0 Å². The second-order valence-corrected chi connectivity index (χ2v) is 6.00. The van der Waals surface area contributed by atoms with Gasteiger partial charge < -0.3 is 5.73 Å². The summed E-state index contributed by atoms with van der Waals surface area (Å²) in [6.45, 7) is 0.0729. The molecule has 0 aliphatic carbocycles. The standard InChI is InChI=1S/C8H10BrClN2O2S/c9-6-1-2-8(7(10)5-6)12-15(13,14)4-3-11/h1-2,5,12H,3-4,11H2. The van der Waals surface area contributed by atoms with Gasteiger partial charge in [-0.3, -0.25) is 4.72 Å². The predicted octanol–water partition coefficient (Wildman–Crippen LogP) is 1.80. The normalized spacial score (nSPS) is 11.4. The maximum Gasteiger partial charge on any atom is 0.234 e. The largest absolute Gasteiger partial charge is 0.329 e. The molecule has 0 saturated heterocycles. The molecule has 0 unspecified atom stereocenters. The van der Waals surface area contributed by atoms with Crippen LogP contribution in [-0.4, -0.2) is 20.7 Å². The highest BCUT2D eigenvalue weighted by molar-refractivity contribution is 9.10. The zero-order valence-corrected chi connectivity index (χ0v) is 10.9. The van der Waals surface area contributed by atoms with Crippen LogP contribution in [0.4, 0.5) is 5.69 Å². The van der Waals surface area contributed by atoms with Crippen LogP contribution in [0.15, 0.2) is 22.7 Å². The van der Waals surface area contributed by atoms with Gasteiger partial charge in [0.15, 0.2) is 0 Å². The fraction of sp³-hybridized carbons (Fsp3) is 0.250. The molecule has 4 nitrogen and oxygen atoms in total. The highest BCUT2D eigenvalue weighted by Crippen LogP contribution is 2.26. The van der Waals surface area contributed by atoms with E-state index in [1.54, 1.807) is 18.2 Å². The number of rotatable bonds is 4. The molecule has 0 spiro atoms. The van der Waals surface area contributed by atoms with Crippen molar-refractivity contribution in [2.75, 3.05) is 17.0 Å². The molecule has 0 saturated carbocycles. The lowest BCUT2D eigenvalue weighted by molar-refractivity contribution is 0.601. The zero-order chi connectivity index (χ0) is 11.5. The smallest absolute Gasteiger partial charge is 0.234 e. The van der Waals surface area contributed by atoms with Crippen molar-refractivity contribution < 1.29 is 8.42 Å². The van der Waals surface area contributed by atoms with Crippen LogP contribution in [0, 0.1) is 0 Å². The number of sulfonamides is 1. The highest BCUT2D eigenvalue weighted by atomic mass is 79.9. The lowest BCUT2D eigenvalue weighted by Crippen LogP contribution is -2.22. The third-order valence-electron chi connectivity index (χ3n) is 1.58. The van der Waals surface area contributed by atoms with Crippen molar-refractivity contribution in [2.24, 2.45) is 5.73 Å². The summed E-state index contributed by atoms with van der Waals surface area (Å²) in [5, 5.41) is 0.338. The maximum absolute atomic E-state index is 11.4. The SMILES string of the molecule is NCCS(=O)(=O)Nc1ccc(Br)cc1Cl. The Labute approximate surface area is 102 Å². The summed E-state index contributed by atoms with van der Waals surface area (Å²) < 4.78 is 25.9. The number of anilines is 1. The molecule has 0 radical (unpaired) electrons. The molecule has 3 N–H and O–H groups in total. The average molecular weight is 314 g/mol. The molecule has 15 heavy (non-hydrogen) atoms. The number of halogens is 2. The molecule has 0 aliphatic heterocycles. The minimum Gasteiger partial charge on any atom is -0.329 e. The molecule has 0 heterocycles. The van der Waals surface area contributed by atoms with Crippen LogP contribution < -0.4 is 10.5 Å². The Kier molecular flexibility index (Phi) is 4.39. The van der Waals surface area contributed by atoms with E-state index in [4.69, 9.17) is 17.3 Å². The van der Waals surface area contributed by atoms with Crippen molar-refractivity contribution >= 4 is 43.2 Å². The van der Waals surface area contributed by atoms with Crippen LogP contribution in [0.2, 0.25) is 5.02 Å². The molecular weight excluding hydrogens is 304 g/mol. The predicted molar refractivity (Wildman–Crippen MR) is 65.6 cm³/mol. The van der Waals surface area contributed by atoms with Crippen LogP contribution in [0.25, 0.3) is 0 Å². The summed E-state index contributed by atoms with van der Waals surface area (Å²) in [5.74, 6) is -0.126. The van der Waals surface area contributed by atoms with Crippen LogP contribution in [0.1, 0.15) is 0 Å². The van der Waals surface area contributed by atoms with Gasteiger partial charge in [0.05, 0.1) is 16.5 Å². The summed E-state index contributed by atoms with van der Waals surface area (Å²) >= 11 is 9.07. The van der Waals surface area contributed by atoms with E-state index in [9.17, 15) is 8.42 Å². The summed E-state index contributed by atoms with van der Waals surface area (Å²) in [7, 11) is -3.39. The van der Waals surface area contributed by atoms with Gasteiger partial charge in [0.1, 0.15) is 0 Å². The van der Waals surface area contributed by atoms with Gasteiger partial charge in [0, 0.05) is 11.0 Å². The second-order valence-electron chi connectivity index (χ2n) is 2.83. The van der Waals surface area contributed by atoms with E-state index in [1.165, 1.54) is 0 Å². The molecule has 0 amide bonds. The molecule has 1 aromatic carbocycles. The molecule has 1 aromatic rings. The summed E-state index contributed by atoms with van der Waals surface area (Å²) in [4.78, 5) is 0. The number of hydrogen-bond donors (Lipinski definition) is 2. The van der Waals surface area contributed by atoms with Gasteiger partial charge >= 0.3 is 0 Å². The minimum absolute atomic E-state index is 0.0729. The molecule has 0 aliphatic rings. The first-order valence-corrected chi connectivity index (χ1v) is 6.92. The molecule has 0 bridgehead atoms. The third-order valence-corrected chi connectivity index (χ3v) is 3.69. The van der Waals surface area contributed by atoms with E-state index in [2.05, 4.69) is 20.7 Å². The van der Waals surface area contributed by atoms with Crippen molar-refractivity contribution in [3.05, 3.63) is 27.7 Å². The number of benzene rings is 1. The van der Waals surface area contributed by atoms with E-state index in [-0.39, 0.29) is 12.3 Å². The Morgan fingerprint density at radius 1 is 1.47 bits per heavy atom. The second kappa shape index (κ2) is 5.16. The lowest BCUT2D eigenvalue weighted by atomic mass is 10.3. The van der Waals surface area contributed by atoms with Gasteiger partial charge in [-0.2, -0.15) is 0 Å². The van der Waals surface area contributed by atoms with Crippen molar-refractivity contribution in [3.8, 4) is 0 Å². The molecule has 0 fully saturated rings. The number of nitrogens with two attached hydrogens (primary N) is 1. The molecule has 7 heteroatoms. The Morgan fingerprint density at radius 2 is 2.13 bits per heavy atom. The van der Waals surface area contributed by atoms with Gasteiger partial charge in [0.25, 0.3) is 0 Å². The van der Waals surface area contributed by atoms with E-state index >= 15 is 0 Å². The Balaban J connectivity index is 2.90. The third kappa shape index (κ3) is 3.98. The minimum atomic E-state index is -3.39. The zero-order valence-electron chi connectivity index (χ0n) is 7.70. The lowest BCUT2D eigenvalue weighted by Gasteiger charge is -2.08. The molecule has 84 valence electrons. The van der Waals surface area contributed by atoms with E-state index in [0.717, 1.165) is 4.47 Å². The molecule has 0 aromatic heterocycles. The molecular formula is C8H10BrClN2O2S.